The predicted octanol–water partition coefficient (Wildman–Crippen LogP) is 5.04. The number of carbonyl (C=O) groups is 2. The van der Waals surface area contributed by atoms with Gasteiger partial charge in [-0.25, -0.2) is 17.9 Å². The zero-order valence-electron chi connectivity index (χ0n) is 24.6. The number of aliphatic hydroxyl groups excluding tert-OH is 2. The highest BCUT2D eigenvalue weighted by Crippen LogP contribution is 2.43. The molecule has 0 saturated carbocycles. The van der Waals surface area contributed by atoms with Crippen LogP contribution in [-0.4, -0.2) is 52.4 Å². The minimum Gasteiger partial charge on any atom is -0.481 e. The molecule has 45 heavy (non-hydrogen) atoms. The average Bonchev–Trinajstić information content (AvgIpc) is 3.32. The van der Waals surface area contributed by atoms with Crippen LogP contribution in [-0.2, 0) is 14.8 Å². The molecule has 0 aliphatic heterocycles. The minimum atomic E-state index is -4.04. The van der Waals surface area contributed by atoms with Crippen LogP contribution >= 0.6 is 0 Å². The third kappa shape index (κ3) is 8.11. The van der Waals surface area contributed by atoms with Gasteiger partial charge in [0.1, 0.15) is 11.5 Å². The fourth-order valence-corrected chi connectivity index (χ4v) is 5.67. The second-order valence-electron chi connectivity index (χ2n) is 10.8. The highest BCUT2D eigenvalue weighted by molar-refractivity contribution is 7.89. The van der Waals surface area contributed by atoms with Crippen LogP contribution in [0.5, 0.6) is 0 Å². The number of nitrogens with two attached hydrogens (primary N) is 1. The summed E-state index contributed by atoms with van der Waals surface area (Å²) in [6.07, 6.45) is -0.307. The van der Waals surface area contributed by atoms with Crippen molar-refractivity contribution in [3.8, 4) is 22.3 Å². The van der Waals surface area contributed by atoms with Crippen LogP contribution in [0.25, 0.3) is 28.3 Å². The fourth-order valence-electron chi connectivity index (χ4n) is 5.11. The van der Waals surface area contributed by atoms with E-state index in [1.54, 1.807) is 34.9 Å². The highest BCUT2D eigenvalue weighted by atomic mass is 32.2. The Morgan fingerprint density at radius 2 is 1.60 bits per heavy atom. The van der Waals surface area contributed by atoms with Gasteiger partial charge in [0.05, 0.1) is 23.5 Å². The summed E-state index contributed by atoms with van der Waals surface area (Å²) in [6, 6.07) is 20.0. The van der Waals surface area contributed by atoms with Crippen LogP contribution in [0.1, 0.15) is 48.9 Å². The fraction of sp³-hybridized carbons (Fsp3) is 0.212. The van der Waals surface area contributed by atoms with E-state index >= 15 is 0 Å². The van der Waals surface area contributed by atoms with E-state index in [1.807, 2.05) is 32.0 Å². The van der Waals surface area contributed by atoms with Gasteiger partial charge in [0.2, 0.25) is 10.0 Å². The second-order valence-corrected chi connectivity index (χ2v) is 12.3. The van der Waals surface area contributed by atoms with Crippen molar-refractivity contribution in [1.82, 2.24) is 4.57 Å². The van der Waals surface area contributed by atoms with Gasteiger partial charge in [-0.1, -0.05) is 54.6 Å². The lowest BCUT2D eigenvalue weighted by atomic mass is 9.94. The lowest BCUT2D eigenvalue weighted by molar-refractivity contribution is -0.139. The van der Waals surface area contributed by atoms with Gasteiger partial charge < -0.3 is 25.2 Å². The molecule has 236 valence electrons. The molecule has 3 aromatic carbocycles. The van der Waals surface area contributed by atoms with Crippen molar-refractivity contribution in [1.29, 1.82) is 0 Å². The number of primary sulfonamides is 1. The molecule has 12 heteroatoms. The van der Waals surface area contributed by atoms with Gasteiger partial charge in [0.15, 0.2) is 0 Å². The van der Waals surface area contributed by atoms with Crippen molar-refractivity contribution >= 4 is 33.7 Å². The smallest absolute Gasteiger partial charge is 0.305 e. The van der Waals surface area contributed by atoms with E-state index < -0.39 is 46.3 Å². The number of benzene rings is 3. The van der Waals surface area contributed by atoms with Crippen LogP contribution < -0.4 is 10.5 Å². The summed E-state index contributed by atoms with van der Waals surface area (Å²) in [5.74, 6) is -2.24. The Morgan fingerprint density at radius 1 is 0.956 bits per heavy atom. The first kappa shape index (κ1) is 33.3. The van der Waals surface area contributed by atoms with Crippen molar-refractivity contribution in [2.24, 2.45) is 5.14 Å². The first-order valence-electron chi connectivity index (χ1n) is 14.1. The van der Waals surface area contributed by atoms with Crippen molar-refractivity contribution in [2.45, 2.75) is 49.8 Å². The molecule has 1 amide bonds. The van der Waals surface area contributed by atoms with Crippen molar-refractivity contribution in [2.75, 3.05) is 5.32 Å². The number of hydrogen-bond acceptors (Lipinski definition) is 6. The molecule has 4 rings (SSSR count). The largest absolute Gasteiger partial charge is 0.481 e. The maximum atomic E-state index is 14.2. The summed E-state index contributed by atoms with van der Waals surface area (Å²) in [7, 11) is -4.04. The number of aromatic nitrogens is 1. The number of rotatable bonds is 12. The predicted molar refractivity (Wildman–Crippen MR) is 169 cm³/mol. The SMILES string of the molecule is CC(C)n1c(/C=C/[C@@H](O)C[C@@H](O)CC(=O)O)c(-c2ccc(F)cc2)c(-c2ccccc2)c1C(=O)Nc1cccc(S(N)(=O)=O)c1. The Balaban J connectivity index is 1.97. The monoisotopic (exact) mass is 635 g/mol. The van der Waals surface area contributed by atoms with Gasteiger partial charge in [-0.05, 0) is 61.4 Å². The second kappa shape index (κ2) is 14.0. The molecule has 1 heterocycles. The van der Waals surface area contributed by atoms with Crippen molar-refractivity contribution < 1.29 is 37.7 Å². The van der Waals surface area contributed by atoms with Gasteiger partial charge in [0.25, 0.3) is 5.91 Å². The van der Waals surface area contributed by atoms with Crippen LogP contribution in [0.2, 0.25) is 0 Å². The molecule has 4 aromatic rings. The zero-order valence-corrected chi connectivity index (χ0v) is 25.4. The number of anilines is 1. The molecule has 1 aromatic heterocycles. The number of nitrogens with one attached hydrogen (secondary N) is 1. The van der Waals surface area contributed by atoms with E-state index in [-0.39, 0.29) is 28.7 Å². The number of carbonyl (C=O) groups excluding carboxylic acids is 1. The first-order chi connectivity index (χ1) is 21.3. The zero-order chi connectivity index (χ0) is 32.9. The molecule has 0 radical (unpaired) electrons. The third-order valence-corrected chi connectivity index (χ3v) is 7.90. The molecular formula is C33H34FN3O7S. The van der Waals surface area contributed by atoms with E-state index in [4.69, 9.17) is 10.2 Å². The molecule has 6 N–H and O–H groups in total. The lowest BCUT2D eigenvalue weighted by Crippen LogP contribution is -2.20. The number of hydrogen-bond donors (Lipinski definition) is 5. The van der Waals surface area contributed by atoms with Crippen LogP contribution in [0.4, 0.5) is 10.1 Å². The summed E-state index contributed by atoms with van der Waals surface area (Å²) in [6.45, 7) is 3.71. The Morgan fingerprint density at radius 3 is 2.20 bits per heavy atom. The van der Waals surface area contributed by atoms with Crippen LogP contribution in [0.15, 0.2) is 89.8 Å². The molecule has 0 spiro atoms. The van der Waals surface area contributed by atoms with Gasteiger partial charge in [0, 0.05) is 35.0 Å². The summed E-state index contributed by atoms with van der Waals surface area (Å²) >= 11 is 0. The molecular weight excluding hydrogens is 601 g/mol. The van der Waals surface area contributed by atoms with Gasteiger partial charge >= 0.3 is 5.97 Å². The summed E-state index contributed by atoms with van der Waals surface area (Å²) in [5.41, 5.74) is 3.14. The van der Waals surface area contributed by atoms with Crippen LogP contribution in [0, 0.1) is 5.82 Å². The Labute approximate surface area is 260 Å². The summed E-state index contributed by atoms with van der Waals surface area (Å²) in [4.78, 5) is 25.0. The molecule has 0 saturated heterocycles. The number of aliphatic carboxylic acids is 1. The molecule has 0 aliphatic carbocycles. The third-order valence-electron chi connectivity index (χ3n) is 6.99. The standard InChI is InChI=1S/C33H34FN3O7S/c1-20(2)37-28(16-15-25(38)18-26(39)19-29(40)41)30(22-11-13-23(34)14-12-22)31(21-7-4-3-5-8-21)32(37)33(42)36-24-9-6-10-27(17-24)45(35,43)44/h3-17,20,25-26,38-39H,18-19H2,1-2H3,(H,36,42)(H,40,41)(H2,35,43,44)/b16-15+/t25-,26-/m1/s1. The van der Waals surface area contributed by atoms with Gasteiger partial charge in [-0.3, -0.25) is 9.59 Å². The lowest BCUT2D eigenvalue weighted by Gasteiger charge is -2.17. The van der Waals surface area contributed by atoms with E-state index in [9.17, 15) is 32.6 Å². The van der Waals surface area contributed by atoms with E-state index in [2.05, 4.69) is 5.32 Å². The molecule has 0 aliphatic rings. The molecule has 0 unspecified atom stereocenters. The minimum absolute atomic E-state index is 0.183. The van der Waals surface area contributed by atoms with E-state index in [0.717, 1.165) is 0 Å². The number of aliphatic hydroxyl groups is 2. The first-order valence-corrected chi connectivity index (χ1v) is 15.6. The number of halogens is 1. The number of sulfonamides is 1. The van der Waals surface area contributed by atoms with Crippen molar-refractivity contribution in [3.05, 3.63) is 102 Å². The van der Waals surface area contributed by atoms with Gasteiger partial charge in [-0.15, -0.1) is 0 Å². The quantitative estimate of drug-likeness (QED) is 0.145. The maximum Gasteiger partial charge on any atom is 0.305 e. The molecule has 0 fully saturated rings. The van der Waals surface area contributed by atoms with E-state index in [1.165, 1.54) is 42.5 Å². The highest BCUT2D eigenvalue weighted by Gasteiger charge is 2.29. The number of amides is 1. The molecule has 2 atom stereocenters. The number of nitrogens with zero attached hydrogens (tertiary/aromatic N) is 1. The Kier molecular flexibility index (Phi) is 10.3. The number of carboxylic acid groups (broad SMARTS) is 1. The summed E-state index contributed by atoms with van der Waals surface area (Å²) in [5, 5.41) is 37.8. The van der Waals surface area contributed by atoms with Crippen molar-refractivity contribution in [3.63, 3.8) is 0 Å². The normalized spacial score (nSPS) is 13.2. The molecule has 0 bridgehead atoms. The maximum absolute atomic E-state index is 14.2. The van der Waals surface area contributed by atoms with E-state index in [0.29, 0.717) is 27.9 Å². The molecule has 10 nitrogen and oxygen atoms in total. The number of carboxylic acids is 1. The Hall–Kier alpha value is -4.62. The van der Waals surface area contributed by atoms with Crippen LogP contribution in [0.3, 0.4) is 0 Å². The topological polar surface area (TPSA) is 172 Å². The van der Waals surface area contributed by atoms with Gasteiger partial charge in [-0.2, -0.15) is 0 Å². The average molecular weight is 636 g/mol. The summed E-state index contributed by atoms with van der Waals surface area (Å²) < 4.78 is 39.7. The Bertz CT molecular complexity index is 1820.